The molecule has 3 aromatic heterocycles. The summed E-state index contributed by atoms with van der Waals surface area (Å²) in [4.78, 5) is 16.2. The molecule has 5 heteroatoms. The van der Waals surface area contributed by atoms with Crippen molar-refractivity contribution in [2.75, 3.05) is 0 Å². The Labute approximate surface area is 346 Å². The average molecular weight is 766 g/mol. The van der Waals surface area contributed by atoms with Crippen LogP contribution in [0.15, 0.2) is 212 Å². The lowest BCUT2D eigenvalue weighted by atomic mass is 10.0. The molecule has 0 aliphatic rings. The number of fused-ring (bicyclic) bond motifs is 7. The molecule has 0 spiro atoms. The van der Waals surface area contributed by atoms with Gasteiger partial charge in [0.2, 0.25) is 0 Å². The second-order valence-electron chi connectivity index (χ2n) is 15.2. The van der Waals surface area contributed by atoms with E-state index in [0.717, 1.165) is 72.0 Å². The number of benzene rings is 9. The smallest absolute Gasteiger partial charge is 0.166 e. The normalized spacial score (nSPS) is 11.7. The van der Waals surface area contributed by atoms with E-state index < -0.39 is 0 Å². The second kappa shape index (κ2) is 13.8. The lowest BCUT2D eigenvalue weighted by Crippen LogP contribution is -2.04. The van der Waals surface area contributed by atoms with Crippen molar-refractivity contribution in [2.45, 2.75) is 0 Å². The Kier molecular flexibility index (Phi) is 7.78. The van der Waals surface area contributed by atoms with Gasteiger partial charge in [0.05, 0.1) is 27.8 Å². The van der Waals surface area contributed by atoms with Crippen LogP contribution in [0.2, 0.25) is 0 Å². The first-order valence-corrected chi connectivity index (χ1v) is 20.3. The molecule has 0 saturated heterocycles. The minimum atomic E-state index is 0.603. The second-order valence-corrected chi connectivity index (χ2v) is 15.2. The van der Waals surface area contributed by atoms with E-state index in [0.29, 0.717) is 17.5 Å². The maximum absolute atomic E-state index is 5.45. The Hall–Kier alpha value is -8.15. The van der Waals surface area contributed by atoms with Crippen LogP contribution in [0, 0.1) is 0 Å². The molecule has 0 atom stereocenters. The third kappa shape index (κ3) is 5.44. The summed E-state index contributed by atoms with van der Waals surface area (Å²) in [6.45, 7) is 0. The van der Waals surface area contributed by atoms with Gasteiger partial charge >= 0.3 is 0 Å². The Morgan fingerprint density at radius 1 is 0.300 bits per heavy atom. The van der Waals surface area contributed by atoms with Gasteiger partial charge in [-0.05, 0) is 82.6 Å². The van der Waals surface area contributed by atoms with Crippen molar-refractivity contribution >= 4 is 54.4 Å². The summed E-state index contributed by atoms with van der Waals surface area (Å²) < 4.78 is 4.71. The molecule has 280 valence electrons. The molecule has 5 nitrogen and oxygen atoms in total. The molecule has 0 fully saturated rings. The van der Waals surface area contributed by atoms with Gasteiger partial charge in [0.15, 0.2) is 17.5 Å². The summed E-state index contributed by atoms with van der Waals surface area (Å²) in [6, 6.07) is 75.0. The monoisotopic (exact) mass is 765 g/mol. The van der Waals surface area contributed by atoms with Gasteiger partial charge < -0.3 is 9.13 Å². The van der Waals surface area contributed by atoms with Crippen LogP contribution in [0.4, 0.5) is 0 Å². The average Bonchev–Trinajstić information content (AvgIpc) is 3.83. The SMILES string of the molecule is c1ccc(-c2cccc(-c3nc(-c4ccccc4-n4c5ccccc5c5cc6ccccc6cc54)nc(-c4cccc5c4c4ccccc4n5-c4ccccc4)n3)c2)cc1. The third-order valence-corrected chi connectivity index (χ3v) is 11.7. The zero-order valence-electron chi connectivity index (χ0n) is 32.4. The fourth-order valence-corrected chi connectivity index (χ4v) is 9.05. The highest BCUT2D eigenvalue weighted by atomic mass is 15.1. The van der Waals surface area contributed by atoms with Crippen molar-refractivity contribution in [1.29, 1.82) is 0 Å². The molecule has 3 heterocycles. The van der Waals surface area contributed by atoms with Crippen molar-refractivity contribution in [3.63, 3.8) is 0 Å². The van der Waals surface area contributed by atoms with Crippen LogP contribution in [0.3, 0.4) is 0 Å². The van der Waals surface area contributed by atoms with Crippen molar-refractivity contribution < 1.29 is 0 Å². The van der Waals surface area contributed by atoms with Crippen molar-refractivity contribution in [1.82, 2.24) is 24.1 Å². The predicted octanol–water partition coefficient (Wildman–Crippen LogP) is 13.9. The van der Waals surface area contributed by atoms with Gasteiger partial charge in [0, 0.05) is 43.9 Å². The number of rotatable bonds is 6. The Morgan fingerprint density at radius 3 is 1.67 bits per heavy atom. The maximum Gasteiger partial charge on any atom is 0.166 e. The van der Waals surface area contributed by atoms with E-state index in [2.05, 4.69) is 215 Å². The van der Waals surface area contributed by atoms with E-state index in [1.807, 2.05) is 6.07 Å². The first-order chi connectivity index (χ1) is 29.8. The Morgan fingerprint density at radius 2 is 0.850 bits per heavy atom. The summed E-state index contributed by atoms with van der Waals surface area (Å²) in [5.74, 6) is 1.83. The summed E-state index contributed by atoms with van der Waals surface area (Å²) in [7, 11) is 0. The summed E-state index contributed by atoms with van der Waals surface area (Å²) >= 11 is 0. The van der Waals surface area contributed by atoms with Gasteiger partial charge in [0.1, 0.15) is 0 Å². The van der Waals surface area contributed by atoms with Crippen LogP contribution in [0.5, 0.6) is 0 Å². The van der Waals surface area contributed by atoms with Gasteiger partial charge in [-0.1, -0.05) is 152 Å². The predicted molar refractivity (Wildman–Crippen MR) is 248 cm³/mol. The summed E-state index contributed by atoms with van der Waals surface area (Å²) in [5, 5.41) is 7.05. The molecule has 12 aromatic rings. The minimum Gasteiger partial charge on any atom is -0.309 e. The Balaban J connectivity index is 1.14. The molecule has 0 unspecified atom stereocenters. The third-order valence-electron chi connectivity index (χ3n) is 11.7. The van der Waals surface area contributed by atoms with Crippen molar-refractivity contribution in [3.05, 3.63) is 212 Å². The molecule has 0 aliphatic carbocycles. The standard InChI is InChI=1S/C55H35N5/c1-3-17-36(18-4-1)37-21-15-22-40(33-37)53-56-54(58-55(57-53)45-28-16-32-50-52(45)43-26-10-13-30-48(43)59(50)41-23-5-2-6-24-41)44-27-11-14-31-49(44)60-47-29-12-9-25-42(47)46-34-38-19-7-8-20-39(38)35-51(46)60/h1-35H. The fourth-order valence-electron chi connectivity index (χ4n) is 9.05. The lowest BCUT2D eigenvalue weighted by molar-refractivity contribution is 1.07. The fraction of sp³-hybridized carbons (Fsp3) is 0. The number of aromatic nitrogens is 5. The molecule has 60 heavy (non-hydrogen) atoms. The van der Waals surface area contributed by atoms with Gasteiger partial charge in [0.25, 0.3) is 0 Å². The summed E-state index contributed by atoms with van der Waals surface area (Å²) in [6.07, 6.45) is 0. The maximum atomic E-state index is 5.45. The number of para-hydroxylation sites is 4. The van der Waals surface area contributed by atoms with Gasteiger partial charge in [-0.2, -0.15) is 0 Å². The first kappa shape index (κ1) is 33.9. The van der Waals surface area contributed by atoms with Crippen LogP contribution in [-0.4, -0.2) is 24.1 Å². The van der Waals surface area contributed by atoms with E-state index in [4.69, 9.17) is 15.0 Å². The van der Waals surface area contributed by atoms with E-state index in [1.165, 1.54) is 21.5 Å². The highest BCUT2D eigenvalue weighted by molar-refractivity contribution is 6.16. The zero-order chi connectivity index (χ0) is 39.6. The molecule has 0 N–H and O–H groups in total. The molecule has 12 rings (SSSR count). The van der Waals surface area contributed by atoms with E-state index >= 15 is 0 Å². The molecule has 0 radical (unpaired) electrons. The lowest BCUT2D eigenvalue weighted by Gasteiger charge is -2.15. The van der Waals surface area contributed by atoms with Crippen LogP contribution in [0.1, 0.15) is 0 Å². The zero-order valence-corrected chi connectivity index (χ0v) is 32.4. The van der Waals surface area contributed by atoms with Crippen molar-refractivity contribution in [2.24, 2.45) is 0 Å². The number of hydrogen-bond acceptors (Lipinski definition) is 3. The van der Waals surface area contributed by atoms with Crippen LogP contribution in [-0.2, 0) is 0 Å². The topological polar surface area (TPSA) is 48.5 Å². The minimum absolute atomic E-state index is 0.603. The van der Waals surface area contributed by atoms with E-state index in [1.54, 1.807) is 0 Å². The molecule has 0 saturated carbocycles. The van der Waals surface area contributed by atoms with Gasteiger partial charge in [-0.25, -0.2) is 15.0 Å². The first-order valence-electron chi connectivity index (χ1n) is 20.3. The van der Waals surface area contributed by atoms with Crippen LogP contribution < -0.4 is 0 Å². The largest absolute Gasteiger partial charge is 0.309 e. The number of nitrogens with zero attached hydrogens (tertiary/aromatic N) is 5. The molecule has 0 amide bonds. The highest BCUT2D eigenvalue weighted by Gasteiger charge is 2.22. The number of hydrogen-bond donors (Lipinski definition) is 0. The quantitative estimate of drug-likeness (QED) is 0.169. The van der Waals surface area contributed by atoms with Crippen LogP contribution >= 0.6 is 0 Å². The molecular formula is C55H35N5. The molecular weight excluding hydrogens is 731 g/mol. The van der Waals surface area contributed by atoms with E-state index in [-0.39, 0.29) is 0 Å². The molecule has 0 bridgehead atoms. The van der Waals surface area contributed by atoms with E-state index in [9.17, 15) is 0 Å². The Bertz CT molecular complexity index is 3600. The van der Waals surface area contributed by atoms with Crippen LogP contribution in [0.25, 0.3) is 111 Å². The van der Waals surface area contributed by atoms with Gasteiger partial charge in [-0.3, -0.25) is 0 Å². The van der Waals surface area contributed by atoms with Gasteiger partial charge in [-0.15, -0.1) is 0 Å². The van der Waals surface area contributed by atoms with Crippen molar-refractivity contribution in [3.8, 4) is 56.7 Å². The molecule has 0 aliphatic heterocycles. The molecule has 9 aromatic carbocycles. The highest BCUT2D eigenvalue weighted by Crippen LogP contribution is 2.41. The summed E-state index contributed by atoms with van der Waals surface area (Å²) in [5.41, 5.74) is 11.6.